The number of carboxylic acid groups (broad SMARTS) is 1. The molecule has 1 aliphatic heterocycles. The summed E-state index contributed by atoms with van der Waals surface area (Å²) >= 11 is 0. The smallest absolute Gasteiger partial charge is 0.356 e. The van der Waals surface area contributed by atoms with Crippen molar-refractivity contribution in [3.05, 3.63) is 47.5 Å². The molecule has 7 nitrogen and oxygen atoms in total. The fourth-order valence-electron chi connectivity index (χ4n) is 2.43. The highest BCUT2D eigenvalue weighted by atomic mass is 16.5. The Morgan fingerprint density at radius 1 is 1.26 bits per heavy atom. The number of aromatic carboxylic acids is 1. The van der Waals surface area contributed by atoms with Crippen LogP contribution in [-0.4, -0.2) is 39.6 Å². The minimum Gasteiger partial charge on any atom is -0.487 e. The van der Waals surface area contributed by atoms with Crippen LogP contribution in [-0.2, 0) is 0 Å². The molecule has 1 aliphatic rings. The minimum absolute atomic E-state index is 0.0932. The number of aryl methyl sites for hydroxylation is 1. The molecule has 1 aromatic heterocycles. The van der Waals surface area contributed by atoms with Crippen molar-refractivity contribution in [1.82, 2.24) is 9.97 Å². The molecule has 0 fully saturated rings. The predicted octanol–water partition coefficient (Wildman–Crippen LogP) is 1.91. The first-order valence-corrected chi connectivity index (χ1v) is 7.10. The number of nitrogens with zero attached hydrogens (tertiary/aromatic N) is 3. The predicted molar refractivity (Wildman–Crippen MR) is 81.9 cm³/mol. The van der Waals surface area contributed by atoms with Gasteiger partial charge in [-0.25, -0.2) is 14.8 Å². The summed E-state index contributed by atoms with van der Waals surface area (Å²) in [6, 6.07) is 5.61. The van der Waals surface area contributed by atoms with Crippen molar-refractivity contribution in [3.63, 3.8) is 0 Å². The van der Waals surface area contributed by atoms with E-state index in [0.29, 0.717) is 18.0 Å². The molecule has 1 aromatic carbocycles. The summed E-state index contributed by atoms with van der Waals surface area (Å²) in [7, 11) is 0. The normalized spacial score (nSPS) is 16.4. The summed E-state index contributed by atoms with van der Waals surface area (Å²) in [6.45, 7) is 4.22. The lowest BCUT2D eigenvalue weighted by atomic mass is 10.1. The lowest BCUT2D eigenvalue weighted by molar-refractivity contribution is 0.0689. The van der Waals surface area contributed by atoms with Crippen LogP contribution in [0.15, 0.2) is 30.6 Å². The summed E-state index contributed by atoms with van der Waals surface area (Å²) in [6.07, 6.45) is 2.11. The number of anilines is 1. The van der Waals surface area contributed by atoms with Gasteiger partial charge in [-0.15, -0.1) is 0 Å². The van der Waals surface area contributed by atoms with Gasteiger partial charge in [0.1, 0.15) is 17.5 Å². The van der Waals surface area contributed by atoms with Crippen LogP contribution in [0.3, 0.4) is 0 Å². The molecule has 0 radical (unpaired) electrons. The fraction of sp³-hybridized carbons (Fsp3) is 0.250. The van der Waals surface area contributed by atoms with Gasteiger partial charge in [0.25, 0.3) is 5.91 Å². The number of amides is 1. The Hall–Kier alpha value is -2.96. The Balaban J connectivity index is 1.95. The van der Waals surface area contributed by atoms with E-state index < -0.39 is 5.97 Å². The Labute approximate surface area is 132 Å². The van der Waals surface area contributed by atoms with Gasteiger partial charge in [0.05, 0.1) is 24.6 Å². The van der Waals surface area contributed by atoms with Gasteiger partial charge in [-0.2, -0.15) is 0 Å². The minimum atomic E-state index is -1.18. The van der Waals surface area contributed by atoms with Crippen molar-refractivity contribution < 1.29 is 19.4 Å². The van der Waals surface area contributed by atoms with Crippen LogP contribution in [0, 0.1) is 6.92 Å². The molecule has 0 saturated heterocycles. The van der Waals surface area contributed by atoms with Crippen molar-refractivity contribution in [3.8, 4) is 5.75 Å². The average Bonchev–Trinajstić information content (AvgIpc) is 2.53. The van der Waals surface area contributed by atoms with Gasteiger partial charge < -0.3 is 9.84 Å². The van der Waals surface area contributed by atoms with Crippen LogP contribution < -0.4 is 9.64 Å². The number of carbonyl (C=O) groups is 2. The van der Waals surface area contributed by atoms with Crippen LogP contribution in [0.5, 0.6) is 5.75 Å². The topological polar surface area (TPSA) is 92.6 Å². The number of ether oxygens (including phenoxy) is 1. The molecule has 1 unspecified atom stereocenters. The Bertz CT molecular complexity index is 773. The summed E-state index contributed by atoms with van der Waals surface area (Å²) < 4.78 is 5.77. The van der Waals surface area contributed by atoms with E-state index in [4.69, 9.17) is 9.84 Å². The highest BCUT2D eigenvalue weighted by molar-refractivity contribution is 6.06. The van der Waals surface area contributed by atoms with Crippen molar-refractivity contribution in [2.75, 3.05) is 11.4 Å². The number of hydrogen-bond acceptors (Lipinski definition) is 5. The summed E-state index contributed by atoms with van der Waals surface area (Å²) in [5.41, 5.74) is 1.60. The van der Waals surface area contributed by atoms with Gasteiger partial charge in [0.2, 0.25) is 0 Å². The highest BCUT2D eigenvalue weighted by Crippen LogP contribution is 2.34. The van der Waals surface area contributed by atoms with Gasteiger partial charge in [0, 0.05) is 0 Å². The van der Waals surface area contributed by atoms with Gasteiger partial charge >= 0.3 is 5.97 Å². The van der Waals surface area contributed by atoms with E-state index in [-0.39, 0.29) is 23.4 Å². The third kappa shape index (κ3) is 2.85. The van der Waals surface area contributed by atoms with Crippen LogP contribution in [0.4, 0.5) is 5.69 Å². The molecular formula is C16H15N3O4. The van der Waals surface area contributed by atoms with Crippen molar-refractivity contribution in [2.24, 2.45) is 0 Å². The molecule has 1 atom stereocenters. The number of carbonyl (C=O) groups excluding carboxylic acids is 1. The molecule has 2 aromatic rings. The van der Waals surface area contributed by atoms with E-state index >= 15 is 0 Å². The molecule has 3 rings (SSSR count). The molecule has 1 amide bonds. The largest absolute Gasteiger partial charge is 0.487 e. The molecular weight excluding hydrogens is 298 g/mol. The van der Waals surface area contributed by atoms with Crippen LogP contribution in [0.2, 0.25) is 0 Å². The number of aromatic nitrogens is 2. The molecule has 23 heavy (non-hydrogen) atoms. The first kappa shape index (κ1) is 15.0. The molecule has 2 heterocycles. The fourth-order valence-corrected chi connectivity index (χ4v) is 2.43. The van der Waals surface area contributed by atoms with Crippen molar-refractivity contribution >= 4 is 17.6 Å². The molecule has 7 heteroatoms. The first-order valence-electron chi connectivity index (χ1n) is 7.10. The van der Waals surface area contributed by atoms with Gasteiger partial charge in [-0.1, -0.05) is 6.07 Å². The molecule has 0 saturated carbocycles. The van der Waals surface area contributed by atoms with E-state index in [9.17, 15) is 9.59 Å². The number of rotatable bonds is 2. The van der Waals surface area contributed by atoms with Crippen molar-refractivity contribution in [2.45, 2.75) is 20.0 Å². The van der Waals surface area contributed by atoms with Gasteiger partial charge in [-0.3, -0.25) is 9.69 Å². The van der Waals surface area contributed by atoms with E-state index in [2.05, 4.69) is 9.97 Å². The van der Waals surface area contributed by atoms with Crippen LogP contribution in [0.25, 0.3) is 0 Å². The molecule has 0 bridgehead atoms. The average molecular weight is 313 g/mol. The number of carboxylic acids is 1. The lowest BCUT2D eigenvalue weighted by Gasteiger charge is -2.33. The maximum absolute atomic E-state index is 12.7. The number of benzene rings is 1. The molecule has 118 valence electrons. The third-order valence-corrected chi connectivity index (χ3v) is 3.51. The van der Waals surface area contributed by atoms with E-state index in [1.54, 1.807) is 4.90 Å². The maximum Gasteiger partial charge on any atom is 0.356 e. The molecule has 1 N–H and O–H groups in total. The molecule has 0 aliphatic carbocycles. The zero-order chi connectivity index (χ0) is 16.6. The summed E-state index contributed by atoms with van der Waals surface area (Å²) in [5, 5.41) is 8.84. The quantitative estimate of drug-likeness (QED) is 0.910. The summed E-state index contributed by atoms with van der Waals surface area (Å²) in [4.78, 5) is 32.7. The monoisotopic (exact) mass is 313 g/mol. The zero-order valence-electron chi connectivity index (χ0n) is 12.7. The Morgan fingerprint density at radius 3 is 2.61 bits per heavy atom. The summed E-state index contributed by atoms with van der Waals surface area (Å²) in [5.74, 6) is -0.876. The van der Waals surface area contributed by atoms with E-state index in [0.717, 1.165) is 11.8 Å². The number of hydrogen-bond donors (Lipinski definition) is 1. The third-order valence-electron chi connectivity index (χ3n) is 3.51. The van der Waals surface area contributed by atoms with Crippen LogP contribution >= 0.6 is 0 Å². The Morgan fingerprint density at radius 2 is 1.96 bits per heavy atom. The van der Waals surface area contributed by atoms with E-state index in [1.807, 2.05) is 32.0 Å². The van der Waals surface area contributed by atoms with E-state index in [1.165, 1.54) is 6.20 Å². The Kier molecular flexibility index (Phi) is 3.69. The number of fused-ring (bicyclic) bond motifs is 1. The standard InChI is InChI=1S/C16H15N3O4/c1-9-3-4-13-14(5-9)23-10(2)8-19(13)15(20)11-6-18-12(7-17-11)16(21)22/h3-7,10H,8H2,1-2H3,(H,21,22). The van der Waals surface area contributed by atoms with Gasteiger partial charge in [0.15, 0.2) is 5.69 Å². The maximum atomic E-state index is 12.7. The first-order chi connectivity index (χ1) is 11.0. The van der Waals surface area contributed by atoms with Gasteiger partial charge in [-0.05, 0) is 31.5 Å². The second-order valence-corrected chi connectivity index (χ2v) is 5.41. The zero-order valence-corrected chi connectivity index (χ0v) is 12.7. The van der Waals surface area contributed by atoms with Crippen molar-refractivity contribution in [1.29, 1.82) is 0 Å². The second-order valence-electron chi connectivity index (χ2n) is 5.41. The molecule has 0 spiro atoms. The highest BCUT2D eigenvalue weighted by Gasteiger charge is 2.29. The second kappa shape index (κ2) is 5.68. The lowest BCUT2D eigenvalue weighted by Crippen LogP contribution is -2.42. The SMILES string of the molecule is Cc1ccc2c(c1)OC(C)CN2C(=O)c1cnc(C(=O)O)cn1. The van der Waals surface area contributed by atoms with Crippen LogP contribution in [0.1, 0.15) is 33.5 Å².